The summed E-state index contributed by atoms with van der Waals surface area (Å²) in [6, 6.07) is 4.66. The molecule has 1 aromatic rings. The molecule has 4 fully saturated rings. The van der Waals surface area contributed by atoms with Crippen LogP contribution in [0.3, 0.4) is 0 Å². The molecule has 0 heterocycles. The molecule has 0 aliphatic heterocycles. The van der Waals surface area contributed by atoms with Gasteiger partial charge in [-0.05, 0) is 122 Å². The van der Waals surface area contributed by atoms with Gasteiger partial charge in [0, 0.05) is 6.42 Å². The number of hydrogen-bond donors (Lipinski definition) is 3. The molecule has 0 saturated heterocycles. The SMILES string of the molecule is CC[C@@H]1C2C[C@H](O)CCC2(C)[C@H]2CCC3(C)C([C@H](C)CCC(=O)NS(=O)(=O)c4cccc(F)c4)CC[C@H]3[C@@H]2[C@@H]1O. The van der Waals surface area contributed by atoms with Crippen LogP contribution in [0.25, 0.3) is 0 Å². The van der Waals surface area contributed by atoms with E-state index in [9.17, 15) is 27.8 Å². The Labute approximate surface area is 239 Å². The molecule has 4 saturated carbocycles. The van der Waals surface area contributed by atoms with Crippen LogP contribution >= 0.6 is 0 Å². The molecule has 5 rings (SSSR count). The van der Waals surface area contributed by atoms with Crippen LogP contribution in [0.4, 0.5) is 4.39 Å². The van der Waals surface area contributed by atoms with Gasteiger partial charge >= 0.3 is 0 Å². The average molecular weight is 578 g/mol. The number of aliphatic hydroxyl groups excluding tert-OH is 2. The molecule has 1 amide bonds. The Kier molecular flexibility index (Phi) is 8.21. The minimum atomic E-state index is -4.11. The van der Waals surface area contributed by atoms with Crippen molar-refractivity contribution in [1.82, 2.24) is 4.72 Å². The van der Waals surface area contributed by atoms with Gasteiger partial charge in [-0.15, -0.1) is 0 Å². The summed E-state index contributed by atoms with van der Waals surface area (Å²) in [4.78, 5) is 12.4. The minimum Gasteiger partial charge on any atom is -0.393 e. The molecular formula is C32H48FNO5S. The maximum absolute atomic E-state index is 13.5. The lowest BCUT2D eigenvalue weighted by atomic mass is 9.41. The Balaban J connectivity index is 1.27. The van der Waals surface area contributed by atoms with Crippen LogP contribution in [-0.2, 0) is 14.8 Å². The largest absolute Gasteiger partial charge is 0.393 e. The summed E-state index contributed by atoms with van der Waals surface area (Å²) in [7, 11) is -4.11. The molecule has 40 heavy (non-hydrogen) atoms. The van der Waals surface area contributed by atoms with Gasteiger partial charge in [-0.3, -0.25) is 4.79 Å². The van der Waals surface area contributed by atoms with Gasteiger partial charge in [0.25, 0.3) is 10.0 Å². The van der Waals surface area contributed by atoms with Crippen LogP contribution < -0.4 is 4.72 Å². The van der Waals surface area contributed by atoms with E-state index in [0.29, 0.717) is 30.1 Å². The number of carbonyl (C=O) groups is 1. The van der Waals surface area contributed by atoms with Crippen molar-refractivity contribution in [2.24, 2.45) is 52.3 Å². The molecule has 11 atom stereocenters. The molecule has 0 aromatic heterocycles. The van der Waals surface area contributed by atoms with Gasteiger partial charge in [0.1, 0.15) is 5.82 Å². The second-order valence-electron chi connectivity index (χ2n) is 14.1. The molecule has 8 heteroatoms. The fourth-order valence-electron chi connectivity index (χ4n) is 10.4. The number of aliphatic hydroxyl groups is 2. The Morgan fingerprint density at radius 2 is 1.77 bits per heavy atom. The van der Waals surface area contributed by atoms with E-state index >= 15 is 0 Å². The van der Waals surface area contributed by atoms with Crippen LogP contribution in [-0.4, -0.2) is 36.7 Å². The molecule has 4 unspecified atom stereocenters. The zero-order chi connectivity index (χ0) is 29.0. The van der Waals surface area contributed by atoms with Crippen LogP contribution in [0.1, 0.15) is 91.9 Å². The number of carbonyl (C=O) groups excluding carboxylic acids is 1. The van der Waals surface area contributed by atoms with E-state index in [1.807, 2.05) is 0 Å². The Morgan fingerprint density at radius 3 is 2.48 bits per heavy atom. The van der Waals surface area contributed by atoms with Gasteiger partial charge in [-0.2, -0.15) is 0 Å². The van der Waals surface area contributed by atoms with E-state index < -0.39 is 21.7 Å². The van der Waals surface area contributed by atoms with Crippen LogP contribution in [0.2, 0.25) is 0 Å². The number of halogens is 1. The molecular weight excluding hydrogens is 529 g/mol. The topological polar surface area (TPSA) is 104 Å². The third-order valence-corrected chi connectivity index (χ3v) is 13.7. The standard InChI is InChI=1S/C32H48FNO5S/c1-5-23-27-18-21(35)13-15-32(27,4)26-14-16-31(3)24(10-11-25(31)29(26)30(23)37)19(2)9-12-28(36)34-40(38,39)22-8-6-7-20(33)17-22/h6-8,17,19,21,23-27,29-30,35,37H,5,9-16,18H2,1-4H3,(H,34,36)/t19-,21-,23-,24?,25+,26+,27?,29+,30-,31?,32?/m1/s1. The second kappa shape index (κ2) is 11.0. The first-order valence-electron chi connectivity index (χ1n) is 15.5. The van der Waals surface area contributed by atoms with Crippen molar-refractivity contribution >= 4 is 15.9 Å². The number of rotatable bonds is 7. The lowest BCUT2D eigenvalue weighted by Crippen LogP contribution is -2.62. The highest BCUT2D eigenvalue weighted by Gasteiger charge is 2.64. The summed E-state index contributed by atoms with van der Waals surface area (Å²) in [6.45, 7) is 9.23. The van der Waals surface area contributed by atoms with E-state index in [0.717, 1.165) is 57.4 Å². The van der Waals surface area contributed by atoms with Crippen molar-refractivity contribution in [2.75, 3.05) is 0 Å². The first-order valence-corrected chi connectivity index (χ1v) is 17.0. The highest BCUT2D eigenvalue weighted by Crippen LogP contribution is 2.69. The zero-order valence-corrected chi connectivity index (χ0v) is 25.3. The van der Waals surface area contributed by atoms with Gasteiger partial charge in [0.2, 0.25) is 5.91 Å². The fraction of sp³-hybridized carbons (Fsp3) is 0.781. The first kappa shape index (κ1) is 30.0. The summed E-state index contributed by atoms with van der Waals surface area (Å²) in [5, 5.41) is 22.4. The number of benzene rings is 1. The van der Waals surface area contributed by atoms with Crippen LogP contribution in [0.15, 0.2) is 29.2 Å². The number of nitrogens with one attached hydrogen (secondary N) is 1. The zero-order valence-electron chi connectivity index (χ0n) is 24.5. The summed E-state index contributed by atoms with van der Waals surface area (Å²) in [6.07, 6.45) is 8.13. The van der Waals surface area contributed by atoms with Crippen molar-refractivity contribution in [3.8, 4) is 0 Å². The van der Waals surface area contributed by atoms with Crippen molar-refractivity contribution in [1.29, 1.82) is 0 Å². The van der Waals surface area contributed by atoms with Crippen LogP contribution in [0, 0.1) is 58.1 Å². The Morgan fingerprint density at radius 1 is 1.07 bits per heavy atom. The summed E-state index contributed by atoms with van der Waals surface area (Å²) >= 11 is 0. The number of amides is 1. The fourth-order valence-corrected chi connectivity index (χ4v) is 11.4. The number of hydrogen-bond acceptors (Lipinski definition) is 5. The molecule has 4 aliphatic carbocycles. The smallest absolute Gasteiger partial charge is 0.264 e. The minimum absolute atomic E-state index is 0.0847. The lowest BCUT2D eigenvalue weighted by Gasteiger charge is -2.64. The van der Waals surface area contributed by atoms with Crippen LogP contribution in [0.5, 0.6) is 0 Å². The molecule has 4 aliphatic rings. The maximum atomic E-state index is 13.5. The van der Waals surface area contributed by atoms with E-state index in [4.69, 9.17) is 0 Å². The quantitative estimate of drug-likeness (QED) is 0.387. The summed E-state index contributed by atoms with van der Waals surface area (Å²) in [5.74, 6) is 1.22. The number of sulfonamides is 1. The monoisotopic (exact) mass is 577 g/mol. The van der Waals surface area contributed by atoms with E-state index in [1.54, 1.807) is 0 Å². The van der Waals surface area contributed by atoms with E-state index in [1.165, 1.54) is 18.2 Å². The average Bonchev–Trinajstić information content (AvgIpc) is 3.25. The van der Waals surface area contributed by atoms with Gasteiger partial charge in [-0.1, -0.05) is 40.2 Å². The molecule has 224 valence electrons. The van der Waals surface area contributed by atoms with Gasteiger partial charge in [0.05, 0.1) is 17.1 Å². The van der Waals surface area contributed by atoms with Crippen molar-refractivity contribution in [3.63, 3.8) is 0 Å². The highest BCUT2D eigenvalue weighted by atomic mass is 32.2. The summed E-state index contributed by atoms with van der Waals surface area (Å²) < 4.78 is 40.8. The molecule has 1 aromatic carbocycles. The van der Waals surface area contributed by atoms with Crippen molar-refractivity contribution < 1.29 is 27.8 Å². The predicted molar refractivity (Wildman–Crippen MR) is 152 cm³/mol. The third-order valence-electron chi connectivity index (χ3n) is 12.3. The second-order valence-corrected chi connectivity index (χ2v) is 15.8. The third kappa shape index (κ3) is 5.04. The Hall–Kier alpha value is -1.51. The van der Waals surface area contributed by atoms with E-state index in [-0.39, 0.29) is 52.1 Å². The number of fused-ring (bicyclic) bond motifs is 5. The molecule has 0 spiro atoms. The summed E-state index contributed by atoms with van der Waals surface area (Å²) in [5.41, 5.74) is 0.251. The maximum Gasteiger partial charge on any atom is 0.264 e. The van der Waals surface area contributed by atoms with Gasteiger partial charge in [-0.25, -0.2) is 17.5 Å². The Bertz CT molecular complexity index is 1210. The van der Waals surface area contributed by atoms with Crippen molar-refractivity contribution in [2.45, 2.75) is 109 Å². The van der Waals surface area contributed by atoms with Crippen molar-refractivity contribution in [3.05, 3.63) is 30.1 Å². The highest BCUT2D eigenvalue weighted by molar-refractivity contribution is 7.90. The predicted octanol–water partition coefficient (Wildman–Crippen LogP) is 5.67. The first-order chi connectivity index (χ1) is 18.8. The lowest BCUT2D eigenvalue weighted by molar-refractivity contribution is -0.203. The molecule has 0 bridgehead atoms. The van der Waals surface area contributed by atoms with E-state index in [2.05, 4.69) is 32.4 Å². The van der Waals surface area contributed by atoms with Gasteiger partial charge < -0.3 is 10.2 Å². The molecule has 3 N–H and O–H groups in total. The normalized spacial score (nSPS) is 41.9. The molecule has 6 nitrogen and oxygen atoms in total. The van der Waals surface area contributed by atoms with Gasteiger partial charge in [0.15, 0.2) is 0 Å². The molecule has 0 radical (unpaired) electrons.